The Hall–Kier alpha value is -3.76. The Kier molecular flexibility index (Phi) is 2.64. The molecule has 0 fully saturated rings. The molecule has 3 aromatic carbocycles. The lowest BCUT2D eigenvalue weighted by Gasteiger charge is -2.24. The highest BCUT2D eigenvalue weighted by Gasteiger charge is 2.71. The summed E-state index contributed by atoms with van der Waals surface area (Å²) >= 11 is 0. The van der Waals surface area contributed by atoms with Crippen molar-refractivity contribution >= 4 is 33.1 Å². The van der Waals surface area contributed by atoms with E-state index in [-0.39, 0.29) is 5.41 Å². The highest BCUT2D eigenvalue weighted by atomic mass is 16.5. The molecule has 5 aromatic rings. The number of para-hydroxylation sites is 1. The van der Waals surface area contributed by atoms with Crippen molar-refractivity contribution in [2.45, 2.75) is 26.2 Å². The van der Waals surface area contributed by atoms with Crippen LogP contribution in [0.5, 0.6) is 11.5 Å². The van der Waals surface area contributed by atoms with Crippen LogP contribution < -0.4 is 18.8 Å². The first-order valence-electron chi connectivity index (χ1n) is 11.2. The fraction of sp³-hybridized carbons (Fsp3) is 0.143. The third kappa shape index (κ3) is 1.63. The average Bonchev–Trinajstić information content (AvgIpc) is 3.28. The van der Waals surface area contributed by atoms with Crippen LogP contribution in [0.15, 0.2) is 79.1 Å². The number of pyridine rings is 2. The minimum absolute atomic E-state index is 0.0732. The minimum Gasteiger partial charge on any atom is -0.444 e. The second-order valence-electron chi connectivity index (χ2n) is 10.1. The van der Waals surface area contributed by atoms with Crippen LogP contribution >= 0.6 is 0 Å². The molecule has 4 nitrogen and oxygen atoms in total. The summed E-state index contributed by atoms with van der Waals surface area (Å²) < 4.78 is 11.9. The quantitative estimate of drug-likeness (QED) is 0.173. The van der Waals surface area contributed by atoms with Crippen molar-refractivity contribution in [1.82, 2.24) is 4.70 Å². The van der Waals surface area contributed by atoms with Crippen LogP contribution in [-0.2, 0) is 5.41 Å². The SMILES string of the molecule is CC(C)(C)c1cc[n+]2c(c1)-c1cccc3c1[N+]21c2c(ccc4ccc5ccc[n+]1c5c24)O3. The smallest absolute Gasteiger partial charge is 0.318 e. The van der Waals surface area contributed by atoms with Crippen LogP contribution in [0.25, 0.3) is 32.9 Å². The zero-order valence-corrected chi connectivity index (χ0v) is 18.3. The van der Waals surface area contributed by atoms with Crippen molar-refractivity contribution in [2.75, 3.05) is 0 Å². The molecule has 8 rings (SSSR count). The molecule has 1 unspecified atom stereocenters. The van der Waals surface area contributed by atoms with Crippen molar-refractivity contribution in [3.8, 4) is 22.8 Å². The Morgan fingerprint density at radius 1 is 0.750 bits per heavy atom. The summed E-state index contributed by atoms with van der Waals surface area (Å²) in [5.74, 6) is 1.85. The molecule has 32 heavy (non-hydrogen) atoms. The molecule has 5 heterocycles. The Morgan fingerprint density at radius 2 is 1.56 bits per heavy atom. The lowest BCUT2D eigenvalue weighted by atomic mass is 9.87. The van der Waals surface area contributed by atoms with Crippen LogP contribution in [0.4, 0.5) is 11.4 Å². The molecule has 2 aromatic heterocycles. The monoisotopic (exact) mass is 416 g/mol. The minimum atomic E-state index is 0.0732. The first-order valence-corrected chi connectivity index (χ1v) is 11.2. The van der Waals surface area contributed by atoms with Crippen LogP contribution in [-0.4, -0.2) is 0 Å². The molecule has 0 aliphatic carbocycles. The summed E-state index contributed by atoms with van der Waals surface area (Å²) in [5.41, 5.74) is 7.50. The fourth-order valence-electron chi connectivity index (χ4n) is 6.01. The zero-order valence-electron chi connectivity index (χ0n) is 18.3. The van der Waals surface area contributed by atoms with Gasteiger partial charge in [0.1, 0.15) is 10.9 Å². The maximum absolute atomic E-state index is 6.57. The van der Waals surface area contributed by atoms with Crippen molar-refractivity contribution in [3.05, 3.63) is 84.7 Å². The van der Waals surface area contributed by atoms with E-state index in [1.54, 1.807) is 0 Å². The van der Waals surface area contributed by atoms with Gasteiger partial charge in [-0.25, -0.2) is 0 Å². The van der Waals surface area contributed by atoms with Gasteiger partial charge in [0.25, 0.3) is 11.2 Å². The number of nitrogens with zero attached hydrogens (tertiary/aromatic N) is 3. The van der Waals surface area contributed by atoms with Gasteiger partial charge in [0.15, 0.2) is 4.70 Å². The number of rotatable bonds is 0. The normalized spacial score (nSPS) is 18.8. The molecule has 1 atom stereocenters. The zero-order chi connectivity index (χ0) is 21.4. The van der Waals surface area contributed by atoms with Crippen molar-refractivity contribution in [2.24, 2.45) is 0 Å². The van der Waals surface area contributed by atoms with Gasteiger partial charge in [0.05, 0.1) is 14.7 Å². The highest BCUT2D eigenvalue weighted by Crippen LogP contribution is 2.60. The first-order chi connectivity index (χ1) is 15.5. The van der Waals surface area contributed by atoms with E-state index >= 15 is 0 Å². The van der Waals surface area contributed by atoms with Gasteiger partial charge in [-0.15, -0.1) is 0 Å². The fourth-order valence-corrected chi connectivity index (χ4v) is 6.01. The van der Waals surface area contributed by atoms with Gasteiger partial charge in [-0.3, -0.25) is 0 Å². The lowest BCUT2D eigenvalue weighted by molar-refractivity contribution is -1.02. The number of ether oxygens (including phenoxy) is 1. The van der Waals surface area contributed by atoms with Crippen LogP contribution in [0.3, 0.4) is 0 Å². The van der Waals surface area contributed by atoms with Gasteiger partial charge in [-0.05, 0) is 52.8 Å². The van der Waals surface area contributed by atoms with E-state index in [0.29, 0.717) is 4.70 Å². The Balaban J connectivity index is 1.65. The van der Waals surface area contributed by atoms with Crippen molar-refractivity contribution in [1.29, 1.82) is 0 Å². The van der Waals surface area contributed by atoms with E-state index in [0.717, 1.165) is 11.5 Å². The predicted molar refractivity (Wildman–Crippen MR) is 125 cm³/mol. The molecule has 3 aliphatic rings. The van der Waals surface area contributed by atoms with Gasteiger partial charge in [0.2, 0.25) is 23.9 Å². The Morgan fingerprint density at radius 3 is 2.44 bits per heavy atom. The molecule has 4 heteroatoms. The largest absolute Gasteiger partial charge is 0.444 e. The number of quaternary nitrogens is 1. The van der Waals surface area contributed by atoms with E-state index in [1.165, 1.54) is 49.9 Å². The van der Waals surface area contributed by atoms with Gasteiger partial charge in [0, 0.05) is 18.2 Å². The van der Waals surface area contributed by atoms with Crippen molar-refractivity contribution in [3.63, 3.8) is 0 Å². The summed E-state index contributed by atoms with van der Waals surface area (Å²) in [6, 6.07) is 24.2. The molecular weight excluding hydrogens is 394 g/mol. The van der Waals surface area contributed by atoms with Gasteiger partial charge < -0.3 is 4.74 Å². The molecular formula is C28H22N3O+3. The van der Waals surface area contributed by atoms with Gasteiger partial charge in [-0.1, -0.05) is 32.9 Å². The molecule has 0 amide bonds. The summed E-state index contributed by atoms with van der Waals surface area (Å²) in [5, 5.41) is 3.77. The molecule has 0 saturated carbocycles. The Labute approximate surface area is 185 Å². The second kappa shape index (κ2) is 5.00. The number of benzene rings is 3. The highest BCUT2D eigenvalue weighted by molar-refractivity contribution is 6.14. The number of aromatic nitrogens is 2. The summed E-state index contributed by atoms with van der Waals surface area (Å²) in [6.07, 6.45) is 4.49. The average molecular weight is 417 g/mol. The summed E-state index contributed by atoms with van der Waals surface area (Å²) in [7, 11) is 0. The molecule has 152 valence electrons. The summed E-state index contributed by atoms with van der Waals surface area (Å²) in [6.45, 7) is 6.83. The van der Waals surface area contributed by atoms with Gasteiger partial charge >= 0.3 is 11.4 Å². The van der Waals surface area contributed by atoms with Crippen molar-refractivity contribution < 1.29 is 14.1 Å². The molecule has 0 N–H and O–H groups in total. The van der Waals surface area contributed by atoms with E-state index in [2.05, 4.69) is 109 Å². The first kappa shape index (κ1) is 16.9. The van der Waals surface area contributed by atoms with E-state index in [9.17, 15) is 0 Å². The lowest BCUT2D eigenvalue weighted by Crippen LogP contribution is -2.81. The maximum Gasteiger partial charge on any atom is 0.318 e. The van der Waals surface area contributed by atoms with E-state index < -0.39 is 0 Å². The molecule has 0 bridgehead atoms. The maximum atomic E-state index is 6.57. The third-order valence-electron chi connectivity index (χ3n) is 7.40. The second-order valence-corrected chi connectivity index (χ2v) is 10.1. The molecule has 0 saturated heterocycles. The van der Waals surface area contributed by atoms with Crippen LogP contribution in [0.1, 0.15) is 26.3 Å². The number of hydrogen-bond donors (Lipinski definition) is 0. The standard InChI is InChI=1S/C28H22N3O/c1-28(2,3)19-13-15-29-21(16-19)20-7-4-8-22-26(20)31(29)27-23(32-22)12-11-17-9-10-18-6-5-14-30(31)25(18)24(17)27/h4-16H,1-3H3/q+3. The molecule has 3 aliphatic heterocycles. The Bertz CT molecular complexity index is 1700. The topological polar surface area (TPSA) is 17.0 Å². The predicted octanol–water partition coefficient (Wildman–Crippen LogP) is 5.83. The molecule has 1 spiro atoms. The molecule has 0 radical (unpaired) electrons. The van der Waals surface area contributed by atoms with Gasteiger partial charge in [-0.2, -0.15) is 0 Å². The van der Waals surface area contributed by atoms with E-state index in [4.69, 9.17) is 4.74 Å². The van der Waals surface area contributed by atoms with E-state index in [1.807, 2.05) is 0 Å². The number of hydrogen-bond acceptors (Lipinski definition) is 1. The summed E-state index contributed by atoms with van der Waals surface area (Å²) in [4.78, 5) is 0. The third-order valence-corrected chi connectivity index (χ3v) is 7.40. The van der Waals surface area contributed by atoms with Crippen LogP contribution in [0.2, 0.25) is 0 Å². The van der Waals surface area contributed by atoms with Crippen LogP contribution in [0, 0.1) is 0 Å². The number of fused-ring (bicyclic) bond motifs is 2.